The van der Waals surface area contributed by atoms with Crippen LogP contribution in [-0.4, -0.2) is 25.0 Å². The minimum atomic E-state index is -0.388. The summed E-state index contributed by atoms with van der Waals surface area (Å²) in [5.74, 6) is -0.560. The Morgan fingerprint density at radius 3 is 2.41 bits per heavy atom. The molecule has 0 heterocycles. The van der Waals surface area contributed by atoms with Crippen LogP contribution in [0.5, 0.6) is 0 Å². The summed E-state index contributed by atoms with van der Waals surface area (Å²) in [6.07, 6.45) is 0.497. The summed E-state index contributed by atoms with van der Waals surface area (Å²) in [6, 6.07) is 25.5. The quantitative estimate of drug-likeness (QED) is 0.300. The molecular weight excluding hydrogens is 453 g/mol. The van der Waals surface area contributed by atoms with E-state index in [-0.39, 0.29) is 17.8 Å². The van der Waals surface area contributed by atoms with Gasteiger partial charge in [0.25, 0.3) is 5.91 Å². The van der Waals surface area contributed by atoms with Crippen LogP contribution in [0.3, 0.4) is 0 Å². The highest BCUT2D eigenvalue weighted by Crippen LogP contribution is 2.20. The molecule has 2 N–H and O–H groups in total. The summed E-state index contributed by atoms with van der Waals surface area (Å²) in [7, 11) is 0. The first kappa shape index (κ1) is 23.3. The second-order valence-electron chi connectivity index (χ2n) is 7.70. The predicted octanol–water partition coefficient (Wildman–Crippen LogP) is 6.49. The Morgan fingerprint density at radius 1 is 0.882 bits per heavy atom. The molecule has 0 radical (unpaired) electrons. The highest BCUT2D eigenvalue weighted by atomic mass is 35.5. The molecule has 0 fully saturated rings. The van der Waals surface area contributed by atoms with Crippen LogP contribution in [0.15, 0.2) is 91.0 Å². The summed E-state index contributed by atoms with van der Waals surface area (Å²) < 4.78 is 13.4. The molecule has 0 spiro atoms. The number of urea groups is 1. The number of nitrogens with zero attached hydrogens (tertiary/aromatic N) is 1. The van der Waals surface area contributed by atoms with E-state index in [1.165, 1.54) is 17.0 Å². The Balaban J connectivity index is 1.41. The lowest BCUT2D eigenvalue weighted by Crippen LogP contribution is -2.37. The summed E-state index contributed by atoms with van der Waals surface area (Å²) in [5.41, 5.74) is 1.70. The van der Waals surface area contributed by atoms with E-state index in [9.17, 15) is 14.0 Å². The number of benzene rings is 4. The number of hydrogen-bond acceptors (Lipinski definition) is 2. The largest absolute Gasteiger partial charge is 0.352 e. The highest BCUT2D eigenvalue weighted by molar-refractivity contribution is 6.30. The molecule has 0 atom stereocenters. The van der Waals surface area contributed by atoms with Crippen LogP contribution in [0.4, 0.5) is 20.6 Å². The van der Waals surface area contributed by atoms with Crippen LogP contribution in [0.25, 0.3) is 10.8 Å². The zero-order valence-corrected chi connectivity index (χ0v) is 19.1. The number of halogens is 2. The van der Waals surface area contributed by atoms with Gasteiger partial charge in [0.2, 0.25) is 0 Å². The van der Waals surface area contributed by atoms with E-state index in [0.717, 1.165) is 10.8 Å². The molecule has 172 valence electrons. The van der Waals surface area contributed by atoms with Gasteiger partial charge >= 0.3 is 6.03 Å². The van der Waals surface area contributed by atoms with Gasteiger partial charge in [0, 0.05) is 35.1 Å². The number of carbonyl (C=O) groups is 2. The third kappa shape index (κ3) is 5.71. The minimum absolute atomic E-state index is 0.173. The van der Waals surface area contributed by atoms with Crippen molar-refractivity contribution in [1.29, 1.82) is 0 Å². The molecule has 7 heteroatoms. The maximum atomic E-state index is 13.4. The Hall–Kier alpha value is -3.90. The smallest absolute Gasteiger partial charge is 0.326 e. The molecule has 0 aliphatic rings. The minimum Gasteiger partial charge on any atom is -0.352 e. The predicted molar refractivity (Wildman–Crippen MR) is 135 cm³/mol. The highest BCUT2D eigenvalue weighted by Gasteiger charge is 2.17. The van der Waals surface area contributed by atoms with E-state index in [4.69, 9.17) is 11.6 Å². The lowest BCUT2D eigenvalue weighted by atomic mass is 10.0. The number of nitrogens with one attached hydrogen (secondary N) is 2. The van der Waals surface area contributed by atoms with Crippen molar-refractivity contribution < 1.29 is 14.0 Å². The molecule has 3 amide bonds. The second kappa shape index (κ2) is 10.8. The van der Waals surface area contributed by atoms with E-state index in [1.807, 2.05) is 36.4 Å². The van der Waals surface area contributed by atoms with Crippen molar-refractivity contribution in [2.24, 2.45) is 0 Å². The van der Waals surface area contributed by atoms with Gasteiger partial charge in [-0.15, -0.1) is 0 Å². The molecule has 0 aliphatic carbocycles. The fourth-order valence-corrected chi connectivity index (χ4v) is 3.87. The molecular formula is C27H23ClFN3O2. The monoisotopic (exact) mass is 475 g/mol. The van der Waals surface area contributed by atoms with Crippen LogP contribution in [0, 0.1) is 5.82 Å². The number of hydrogen-bond donors (Lipinski definition) is 2. The lowest BCUT2D eigenvalue weighted by molar-refractivity contribution is 0.0955. The molecule has 4 aromatic rings. The Morgan fingerprint density at radius 2 is 1.62 bits per heavy atom. The number of rotatable bonds is 7. The summed E-state index contributed by atoms with van der Waals surface area (Å²) >= 11 is 6.01. The zero-order valence-electron chi connectivity index (χ0n) is 18.3. The van der Waals surface area contributed by atoms with E-state index in [1.54, 1.807) is 42.5 Å². The Labute approximate surface area is 202 Å². The van der Waals surface area contributed by atoms with Gasteiger partial charge < -0.3 is 10.6 Å². The van der Waals surface area contributed by atoms with Gasteiger partial charge in [-0.3, -0.25) is 9.69 Å². The lowest BCUT2D eigenvalue weighted by Gasteiger charge is -2.23. The van der Waals surface area contributed by atoms with Crippen LogP contribution in [0.2, 0.25) is 5.02 Å². The maximum Gasteiger partial charge on any atom is 0.326 e. The molecule has 34 heavy (non-hydrogen) atoms. The molecule has 4 aromatic carbocycles. The number of anilines is 2. The van der Waals surface area contributed by atoms with Crippen molar-refractivity contribution in [1.82, 2.24) is 5.32 Å². The average molecular weight is 476 g/mol. The zero-order chi connectivity index (χ0) is 23.9. The molecule has 0 bridgehead atoms. The van der Waals surface area contributed by atoms with Gasteiger partial charge in [-0.25, -0.2) is 9.18 Å². The molecule has 0 unspecified atom stereocenters. The fourth-order valence-electron chi connectivity index (χ4n) is 3.68. The van der Waals surface area contributed by atoms with Crippen molar-refractivity contribution in [3.8, 4) is 0 Å². The Kier molecular flexibility index (Phi) is 7.40. The van der Waals surface area contributed by atoms with Crippen LogP contribution in [0.1, 0.15) is 16.8 Å². The third-order valence-electron chi connectivity index (χ3n) is 5.34. The first-order chi connectivity index (χ1) is 16.5. The van der Waals surface area contributed by atoms with Crippen molar-refractivity contribution in [3.05, 3.63) is 107 Å². The van der Waals surface area contributed by atoms with Gasteiger partial charge in [-0.1, -0.05) is 54.1 Å². The fraction of sp³-hybridized carbons (Fsp3) is 0.111. The SMILES string of the molecule is O=C(NCCCN(C(=O)Nc1cccc(Cl)c1)c1ccc(F)cc1)c1cccc2ccccc12. The van der Waals surface area contributed by atoms with Crippen molar-refractivity contribution in [2.75, 3.05) is 23.3 Å². The van der Waals surface area contributed by atoms with Gasteiger partial charge in [0.15, 0.2) is 0 Å². The van der Waals surface area contributed by atoms with Crippen molar-refractivity contribution in [2.45, 2.75) is 6.42 Å². The molecule has 5 nitrogen and oxygen atoms in total. The van der Waals surface area contributed by atoms with Crippen molar-refractivity contribution in [3.63, 3.8) is 0 Å². The van der Waals surface area contributed by atoms with Gasteiger partial charge in [0.05, 0.1) is 0 Å². The van der Waals surface area contributed by atoms with Crippen LogP contribution < -0.4 is 15.5 Å². The van der Waals surface area contributed by atoms with E-state index in [0.29, 0.717) is 41.5 Å². The first-order valence-electron chi connectivity index (χ1n) is 10.9. The topological polar surface area (TPSA) is 61.4 Å². The number of amides is 3. The number of carbonyl (C=O) groups excluding carboxylic acids is 2. The normalized spacial score (nSPS) is 10.6. The molecule has 0 saturated carbocycles. The molecule has 0 aromatic heterocycles. The molecule has 4 rings (SSSR count). The van der Waals surface area contributed by atoms with E-state index < -0.39 is 0 Å². The summed E-state index contributed by atoms with van der Waals surface area (Å²) in [6.45, 7) is 0.679. The van der Waals surface area contributed by atoms with Crippen molar-refractivity contribution >= 4 is 45.7 Å². The standard InChI is InChI=1S/C27H23ClFN3O2/c28-20-8-4-9-22(18-20)31-27(34)32(23-14-12-21(29)13-15-23)17-5-16-30-26(33)25-11-3-7-19-6-1-2-10-24(19)25/h1-4,6-15,18H,5,16-17H2,(H,30,33)(H,31,34). The summed E-state index contributed by atoms with van der Waals surface area (Å²) in [4.78, 5) is 27.3. The van der Waals surface area contributed by atoms with Gasteiger partial charge in [-0.05, 0) is 65.7 Å². The first-order valence-corrected chi connectivity index (χ1v) is 11.2. The maximum absolute atomic E-state index is 13.4. The van der Waals surface area contributed by atoms with Gasteiger partial charge in [0.1, 0.15) is 5.82 Å². The number of fused-ring (bicyclic) bond motifs is 1. The Bertz CT molecular complexity index is 1310. The molecule has 0 saturated heterocycles. The van der Waals surface area contributed by atoms with Crippen LogP contribution >= 0.6 is 11.6 Å². The van der Waals surface area contributed by atoms with Gasteiger partial charge in [-0.2, -0.15) is 0 Å². The van der Waals surface area contributed by atoms with E-state index >= 15 is 0 Å². The molecule has 0 aliphatic heterocycles. The second-order valence-corrected chi connectivity index (χ2v) is 8.14. The van der Waals surface area contributed by atoms with E-state index in [2.05, 4.69) is 10.6 Å². The third-order valence-corrected chi connectivity index (χ3v) is 5.57. The van der Waals surface area contributed by atoms with Crippen LogP contribution in [-0.2, 0) is 0 Å². The average Bonchev–Trinajstić information content (AvgIpc) is 2.84. The summed E-state index contributed by atoms with van der Waals surface area (Å²) in [5, 5.41) is 8.12.